The number of imidazole rings is 1. The fourth-order valence-corrected chi connectivity index (χ4v) is 3.47. The number of nitrogens with two attached hydrogens (primary N) is 1. The first-order valence-electron chi connectivity index (χ1n) is 6.93. The summed E-state index contributed by atoms with van der Waals surface area (Å²) >= 11 is -1.23. The number of fused-ring (bicyclic) bond motifs is 1. The number of aromatic amines is 1. The van der Waals surface area contributed by atoms with Gasteiger partial charge in [0.1, 0.15) is 5.75 Å². The third kappa shape index (κ3) is 2.88. The quantitative estimate of drug-likeness (QED) is 0.573. The van der Waals surface area contributed by atoms with E-state index in [2.05, 4.69) is 9.97 Å². The molecule has 0 bridgehead atoms. The molecule has 3 aromatic rings. The van der Waals surface area contributed by atoms with Crippen molar-refractivity contribution in [2.24, 2.45) is 0 Å². The van der Waals surface area contributed by atoms with Crippen LogP contribution in [0.5, 0.6) is 0 Å². The van der Waals surface area contributed by atoms with Gasteiger partial charge in [-0.15, -0.1) is 0 Å². The molecule has 5 nitrogen and oxygen atoms in total. The van der Waals surface area contributed by atoms with Crippen LogP contribution >= 0.6 is 0 Å². The van der Waals surface area contributed by atoms with Crippen LogP contribution in [0.1, 0.15) is 5.56 Å². The first-order valence-corrected chi connectivity index (χ1v) is 8.25. The summed E-state index contributed by atoms with van der Waals surface area (Å²) in [5.74, 6) is 0.420. The summed E-state index contributed by atoms with van der Waals surface area (Å²) in [6, 6.07) is 13.4. The van der Waals surface area contributed by atoms with Gasteiger partial charge in [-0.2, -0.15) is 4.98 Å². The minimum Gasteiger partial charge on any atom is -0.609 e. The highest BCUT2D eigenvalue weighted by molar-refractivity contribution is 7.90. The molecule has 3 rings (SSSR count). The number of aromatic nitrogens is 2. The molecule has 22 heavy (non-hydrogen) atoms. The second kappa shape index (κ2) is 5.90. The Bertz CT molecular complexity index is 800. The molecule has 114 valence electrons. The van der Waals surface area contributed by atoms with Crippen LogP contribution in [0.15, 0.2) is 47.6 Å². The van der Waals surface area contributed by atoms with Crippen molar-refractivity contribution in [3.05, 3.63) is 48.0 Å². The van der Waals surface area contributed by atoms with E-state index in [1.165, 1.54) is 0 Å². The first kappa shape index (κ1) is 14.7. The summed E-state index contributed by atoms with van der Waals surface area (Å²) < 4.78 is 12.6. The van der Waals surface area contributed by atoms with Gasteiger partial charge in [-0.05, 0) is 24.3 Å². The number of nitrogens with one attached hydrogen (secondary N) is 1. The number of anilines is 2. The number of hydrogen-bond acceptors (Lipinski definition) is 4. The van der Waals surface area contributed by atoms with Gasteiger partial charge in [-0.25, -0.2) is 0 Å². The molecule has 0 fully saturated rings. The monoisotopic (exact) mass is 314 g/mol. The molecule has 0 aliphatic carbocycles. The summed E-state index contributed by atoms with van der Waals surface area (Å²) in [6.07, 6.45) is 0. The van der Waals surface area contributed by atoms with Crippen LogP contribution in [0, 0.1) is 0 Å². The second-order valence-electron chi connectivity index (χ2n) is 5.33. The van der Waals surface area contributed by atoms with Crippen LogP contribution in [-0.2, 0) is 16.9 Å². The SMILES string of the molecule is CN(C)c1ccccc1C[S+]([O-])c1nc2cc(N)ccc2[nH]1. The highest BCUT2D eigenvalue weighted by Crippen LogP contribution is 2.24. The van der Waals surface area contributed by atoms with Crippen molar-refractivity contribution in [1.29, 1.82) is 0 Å². The Morgan fingerprint density at radius 3 is 2.77 bits per heavy atom. The number of rotatable bonds is 4. The zero-order chi connectivity index (χ0) is 15.7. The van der Waals surface area contributed by atoms with E-state index < -0.39 is 11.2 Å². The van der Waals surface area contributed by atoms with Crippen molar-refractivity contribution in [2.75, 3.05) is 24.7 Å². The summed E-state index contributed by atoms with van der Waals surface area (Å²) in [4.78, 5) is 9.53. The molecule has 6 heteroatoms. The van der Waals surface area contributed by atoms with Crippen LogP contribution in [0.4, 0.5) is 11.4 Å². The average Bonchev–Trinajstić information content (AvgIpc) is 2.90. The molecule has 0 spiro atoms. The predicted octanol–water partition coefficient (Wildman–Crippen LogP) is 2.52. The molecule has 0 amide bonds. The van der Waals surface area contributed by atoms with Gasteiger partial charge in [-0.3, -0.25) is 4.98 Å². The van der Waals surface area contributed by atoms with Crippen LogP contribution in [0.2, 0.25) is 0 Å². The van der Waals surface area contributed by atoms with Crippen molar-refractivity contribution in [1.82, 2.24) is 9.97 Å². The van der Waals surface area contributed by atoms with Crippen LogP contribution in [-0.4, -0.2) is 28.6 Å². The molecule has 1 unspecified atom stereocenters. The number of para-hydroxylation sites is 1. The lowest BCUT2D eigenvalue weighted by molar-refractivity contribution is 0.587. The molecule has 0 radical (unpaired) electrons. The Morgan fingerprint density at radius 1 is 1.23 bits per heavy atom. The standard InChI is InChI=1S/C16H18N4OS/c1-20(2)15-6-4-3-5-11(15)10-22(21)16-18-13-8-7-12(17)9-14(13)19-16/h3-9H,10,17H2,1-2H3,(H,18,19). The Morgan fingerprint density at radius 2 is 2.00 bits per heavy atom. The van der Waals surface area contributed by atoms with Gasteiger partial charge in [0.05, 0.1) is 11.0 Å². The van der Waals surface area contributed by atoms with Crippen molar-refractivity contribution in [3.8, 4) is 0 Å². The molecular weight excluding hydrogens is 296 g/mol. The first-order chi connectivity index (χ1) is 10.5. The fourth-order valence-electron chi connectivity index (χ4n) is 2.39. The Hall–Kier alpha value is -2.18. The van der Waals surface area contributed by atoms with Crippen molar-refractivity contribution >= 4 is 33.6 Å². The minimum absolute atomic E-state index is 0.420. The molecular formula is C16H18N4OS. The van der Waals surface area contributed by atoms with Crippen LogP contribution in [0.3, 0.4) is 0 Å². The zero-order valence-corrected chi connectivity index (χ0v) is 13.4. The third-order valence-corrected chi connectivity index (χ3v) is 4.66. The van der Waals surface area contributed by atoms with Crippen LogP contribution in [0.25, 0.3) is 11.0 Å². The topological polar surface area (TPSA) is 81.0 Å². The maximum absolute atomic E-state index is 12.6. The van der Waals surface area contributed by atoms with Crippen molar-refractivity contribution < 1.29 is 4.55 Å². The van der Waals surface area contributed by atoms with Crippen molar-refractivity contribution in [3.63, 3.8) is 0 Å². The van der Waals surface area contributed by atoms with Gasteiger partial charge >= 0.3 is 5.16 Å². The lowest BCUT2D eigenvalue weighted by Gasteiger charge is -2.17. The van der Waals surface area contributed by atoms with Crippen LogP contribution < -0.4 is 10.6 Å². The van der Waals surface area contributed by atoms with Gasteiger partial charge in [0.15, 0.2) is 0 Å². The molecule has 3 N–H and O–H groups in total. The van der Waals surface area contributed by atoms with E-state index in [9.17, 15) is 4.55 Å². The van der Waals surface area contributed by atoms with Gasteiger partial charge in [0.2, 0.25) is 0 Å². The highest BCUT2D eigenvalue weighted by Gasteiger charge is 2.19. The summed E-state index contributed by atoms with van der Waals surface area (Å²) in [6.45, 7) is 0. The summed E-state index contributed by atoms with van der Waals surface area (Å²) in [5, 5.41) is 0.481. The molecule has 0 saturated heterocycles. The van der Waals surface area contributed by atoms with E-state index in [4.69, 9.17) is 5.73 Å². The second-order valence-corrected chi connectivity index (χ2v) is 6.70. The Kier molecular flexibility index (Phi) is 3.96. The summed E-state index contributed by atoms with van der Waals surface area (Å²) in [5.41, 5.74) is 10.1. The van der Waals surface area contributed by atoms with Gasteiger partial charge in [-0.1, -0.05) is 18.2 Å². The largest absolute Gasteiger partial charge is 0.609 e. The average molecular weight is 314 g/mol. The van der Waals surface area contributed by atoms with E-state index >= 15 is 0 Å². The van der Waals surface area contributed by atoms with E-state index in [0.717, 1.165) is 22.3 Å². The number of nitrogen functional groups attached to an aromatic ring is 1. The highest BCUT2D eigenvalue weighted by atomic mass is 32.2. The fraction of sp³-hybridized carbons (Fsp3) is 0.188. The van der Waals surface area contributed by atoms with Gasteiger partial charge in [0, 0.05) is 42.2 Å². The van der Waals surface area contributed by atoms with Crippen molar-refractivity contribution in [2.45, 2.75) is 10.9 Å². The van der Waals surface area contributed by atoms with E-state index in [0.29, 0.717) is 16.6 Å². The van der Waals surface area contributed by atoms with E-state index in [-0.39, 0.29) is 0 Å². The zero-order valence-electron chi connectivity index (χ0n) is 12.5. The lowest BCUT2D eigenvalue weighted by Crippen LogP contribution is -2.14. The summed E-state index contributed by atoms with van der Waals surface area (Å²) in [7, 11) is 3.96. The lowest BCUT2D eigenvalue weighted by atomic mass is 10.2. The van der Waals surface area contributed by atoms with Gasteiger partial charge < -0.3 is 15.2 Å². The molecule has 1 atom stereocenters. The normalized spacial score (nSPS) is 12.5. The smallest absolute Gasteiger partial charge is 0.321 e. The molecule has 0 aliphatic rings. The molecule has 0 saturated carbocycles. The molecule has 0 aliphatic heterocycles. The number of nitrogens with zero attached hydrogens (tertiary/aromatic N) is 2. The Labute approximate surface area is 132 Å². The van der Waals surface area contributed by atoms with E-state index in [1.807, 2.05) is 49.3 Å². The third-order valence-electron chi connectivity index (χ3n) is 3.46. The molecule has 1 heterocycles. The van der Waals surface area contributed by atoms with Gasteiger partial charge in [0.25, 0.3) is 0 Å². The number of hydrogen-bond donors (Lipinski definition) is 2. The maximum Gasteiger partial charge on any atom is 0.321 e. The molecule has 1 aromatic heterocycles. The maximum atomic E-state index is 12.6. The molecule has 2 aromatic carbocycles. The number of H-pyrrole nitrogens is 1. The van der Waals surface area contributed by atoms with E-state index in [1.54, 1.807) is 12.1 Å². The predicted molar refractivity (Wildman–Crippen MR) is 91.4 cm³/mol. The number of benzene rings is 2. The minimum atomic E-state index is -1.23. The Balaban J connectivity index is 1.88.